The summed E-state index contributed by atoms with van der Waals surface area (Å²) < 4.78 is 45.8. The summed E-state index contributed by atoms with van der Waals surface area (Å²) in [5, 5.41) is 1.55. The lowest BCUT2D eigenvalue weighted by molar-refractivity contribution is 0.119. The topological polar surface area (TPSA) is 104 Å². The van der Waals surface area contributed by atoms with Crippen LogP contribution in [0.5, 0.6) is 5.88 Å². The van der Waals surface area contributed by atoms with E-state index in [9.17, 15) is 13.0 Å². The van der Waals surface area contributed by atoms with Crippen molar-refractivity contribution in [1.82, 2.24) is 14.7 Å². The lowest BCUT2D eigenvalue weighted by Gasteiger charge is -2.34. The van der Waals surface area contributed by atoms with Gasteiger partial charge in [-0.05, 0) is 38.6 Å². The highest BCUT2D eigenvalue weighted by atomic mass is 35.5. The van der Waals surface area contributed by atoms with Gasteiger partial charge in [0, 0.05) is 47.9 Å². The van der Waals surface area contributed by atoms with Crippen LogP contribution in [-0.4, -0.2) is 44.8 Å². The number of nitrogens with zero attached hydrogens (tertiary/aromatic N) is 2. The van der Waals surface area contributed by atoms with Gasteiger partial charge in [0.25, 0.3) is 0 Å². The van der Waals surface area contributed by atoms with Crippen molar-refractivity contribution < 1.29 is 17.7 Å². The second-order valence-electron chi connectivity index (χ2n) is 9.20. The molecule has 1 fully saturated rings. The van der Waals surface area contributed by atoms with E-state index in [-0.39, 0.29) is 23.1 Å². The van der Waals surface area contributed by atoms with Gasteiger partial charge in [0.2, 0.25) is 5.88 Å². The zero-order valence-corrected chi connectivity index (χ0v) is 21.6. The van der Waals surface area contributed by atoms with Crippen molar-refractivity contribution in [2.75, 3.05) is 5.75 Å². The fraction of sp³-hybridized carbons (Fsp3) is 0.636. The third-order valence-electron chi connectivity index (χ3n) is 5.73. The van der Waals surface area contributed by atoms with E-state index in [1.165, 1.54) is 0 Å². The molecule has 0 bridgehead atoms. The molecular weight excluding hydrogens is 470 g/mol. The predicted molar refractivity (Wildman–Crippen MR) is 130 cm³/mol. The Labute approximate surface area is 198 Å². The number of sulfone groups is 1. The van der Waals surface area contributed by atoms with Crippen LogP contribution in [0, 0.1) is 0 Å². The molecule has 2 unspecified atom stereocenters. The molecule has 178 valence electrons. The number of ether oxygens (including phenoxy) is 1. The Balaban J connectivity index is 1.90. The minimum atomic E-state index is -3.05. The second kappa shape index (κ2) is 10.0. The van der Waals surface area contributed by atoms with E-state index in [4.69, 9.17) is 16.3 Å². The summed E-state index contributed by atoms with van der Waals surface area (Å²) >= 11 is 4.96. The highest BCUT2D eigenvalue weighted by molar-refractivity contribution is 7.92. The molecule has 0 spiro atoms. The second-order valence-corrected chi connectivity index (χ2v) is 14.2. The first-order valence-electron chi connectivity index (χ1n) is 11.0. The Bertz CT molecular complexity index is 1050. The summed E-state index contributed by atoms with van der Waals surface area (Å²) in [6, 6.07) is 1.60. The predicted octanol–water partition coefficient (Wildman–Crippen LogP) is 4.52. The number of pyridine rings is 2. The van der Waals surface area contributed by atoms with Gasteiger partial charge in [-0.2, -0.15) is 0 Å². The van der Waals surface area contributed by atoms with Crippen molar-refractivity contribution in [1.29, 1.82) is 0 Å². The van der Waals surface area contributed by atoms with Crippen molar-refractivity contribution in [2.45, 2.75) is 82.4 Å². The summed E-state index contributed by atoms with van der Waals surface area (Å²) in [5.74, 6) is 0.558. The van der Waals surface area contributed by atoms with Crippen LogP contribution < -0.4 is 9.46 Å². The van der Waals surface area contributed by atoms with Crippen molar-refractivity contribution in [3.8, 4) is 5.88 Å². The fourth-order valence-electron chi connectivity index (χ4n) is 3.65. The molecule has 0 aliphatic heterocycles. The summed E-state index contributed by atoms with van der Waals surface area (Å²) in [6.07, 6.45) is 5.77. The summed E-state index contributed by atoms with van der Waals surface area (Å²) in [4.78, 5) is 8.75. The fourth-order valence-corrected chi connectivity index (χ4v) is 6.15. The van der Waals surface area contributed by atoms with Crippen molar-refractivity contribution in [2.24, 2.45) is 0 Å². The van der Waals surface area contributed by atoms with Gasteiger partial charge in [-0.3, -0.25) is 0 Å². The molecule has 2 heterocycles. The molecule has 3 rings (SSSR count). The van der Waals surface area contributed by atoms with Crippen LogP contribution in [0.2, 0.25) is 5.15 Å². The van der Waals surface area contributed by atoms with E-state index in [0.29, 0.717) is 29.3 Å². The minimum Gasteiger partial charge on any atom is -0.598 e. The lowest BCUT2D eigenvalue weighted by Crippen LogP contribution is -2.43. The molecule has 0 saturated heterocycles. The number of rotatable bonds is 9. The smallest absolute Gasteiger partial charge is 0.223 e. The minimum absolute atomic E-state index is 0.143. The summed E-state index contributed by atoms with van der Waals surface area (Å²) in [5.41, 5.74) is 0.885. The molecule has 1 N–H and O–H groups in total. The lowest BCUT2D eigenvalue weighted by atomic mass is 9.95. The Kier molecular flexibility index (Phi) is 7.97. The number of nitrogens with one attached hydrogen (secondary N) is 1. The zero-order valence-electron chi connectivity index (χ0n) is 19.2. The van der Waals surface area contributed by atoms with Crippen LogP contribution in [0.1, 0.15) is 71.9 Å². The SMILES string of the molecule is CCCC(N[S+]([O-])C(C)(C)C)c1cnc(OC2CC(S(=O)(=O)CC)C2)c2cnc(Cl)cc12. The summed E-state index contributed by atoms with van der Waals surface area (Å²) in [7, 11) is -3.05. The van der Waals surface area contributed by atoms with Gasteiger partial charge in [0.1, 0.15) is 16.0 Å². The Morgan fingerprint density at radius 1 is 1.25 bits per heavy atom. The normalized spacial score (nSPS) is 21.2. The van der Waals surface area contributed by atoms with Gasteiger partial charge in [-0.25, -0.2) is 18.4 Å². The molecule has 1 saturated carbocycles. The molecule has 2 aromatic heterocycles. The first kappa shape index (κ1) is 25.5. The third-order valence-corrected chi connectivity index (χ3v) is 9.75. The highest BCUT2D eigenvalue weighted by Gasteiger charge is 2.39. The van der Waals surface area contributed by atoms with Crippen LogP contribution in [0.15, 0.2) is 18.5 Å². The van der Waals surface area contributed by atoms with Gasteiger partial charge < -0.3 is 9.29 Å². The molecule has 7 nitrogen and oxygen atoms in total. The number of hydrogen-bond acceptors (Lipinski definition) is 7. The molecule has 0 amide bonds. The average Bonchev–Trinajstić information content (AvgIpc) is 2.68. The first-order chi connectivity index (χ1) is 15.0. The number of hydrogen-bond donors (Lipinski definition) is 1. The van der Waals surface area contributed by atoms with Crippen LogP contribution in [0.4, 0.5) is 0 Å². The molecule has 1 aliphatic rings. The van der Waals surface area contributed by atoms with Crippen molar-refractivity contribution in [3.63, 3.8) is 0 Å². The van der Waals surface area contributed by atoms with Gasteiger partial charge in [-0.1, -0.05) is 31.9 Å². The average molecular weight is 502 g/mol. The van der Waals surface area contributed by atoms with E-state index in [1.807, 2.05) is 20.8 Å². The van der Waals surface area contributed by atoms with Crippen LogP contribution in [0.25, 0.3) is 10.8 Å². The van der Waals surface area contributed by atoms with Gasteiger partial charge in [0.05, 0.1) is 16.7 Å². The molecule has 0 aromatic carbocycles. The molecule has 32 heavy (non-hydrogen) atoms. The molecule has 2 atom stereocenters. The van der Waals surface area contributed by atoms with Crippen LogP contribution in [0.3, 0.4) is 0 Å². The van der Waals surface area contributed by atoms with Crippen molar-refractivity contribution >= 4 is 43.6 Å². The Morgan fingerprint density at radius 3 is 2.53 bits per heavy atom. The highest BCUT2D eigenvalue weighted by Crippen LogP contribution is 2.37. The zero-order chi connectivity index (χ0) is 23.7. The Hall–Kier alpha value is -1.13. The molecule has 1 aliphatic carbocycles. The quantitative estimate of drug-likeness (QED) is 0.397. The molecule has 10 heteroatoms. The first-order valence-corrected chi connectivity index (χ1v) is 14.2. The molecular formula is C22H32ClN3O4S2. The standard InChI is InChI=1S/C22H32ClN3O4S2/c1-6-8-19(26-31(27)22(3,4)5)17-12-25-21(18-13-24-20(23)11-16(17)18)30-14-9-15(10-14)32(28,29)7-2/h11-15,19,26H,6-10H2,1-5H3. The number of halogens is 1. The van der Waals surface area contributed by atoms with Crippen molar-refractivity contribution in [3.05, 3.63) is 29.2 Å². The number of fused-ring (bicyclic) bond motifs is 1. The van der Waals surface area contributed by atoms with E-state index < -0.39 is 25.9 Å². The maximum absolute atomic E-state index is 12.8. The van der Waals surface area contributed by atoms with E-state index in [1.54, 1.807) is 25.4 Å². The van der Waals surface area contributed by atoms with E-state index in [0.717, 1.165) is 23.8 Å². The molecule has 0 radical (unpaired) electrons. The van der Waals surface area contributed by atoms with Gasteiger partial charge in [-0.15, -0.1) is 4.72 Å². The monoisotopic (exact) mass is 501 g/mol. The van der Waals surface area contributed by atoms with E-state index >= 15 is 0 Å². The number of aromatic nitrogens is 2. The van der Waals surface area contributed by atoms with Gasteiger partial charge in [0.15, 0.2) is 9.84 Å². The van der Waals surface area contributed by atoms with E-state index in [2.05, 4.69) is 21.6 Å². The largest absolute Gasteiger partial charge is 0.598 e. The summed E-state index contributed by atoms with van der Waals surface area (Å²) in [6.45, 7) is 9.53. The Morgan fingerprint density at radius 2 is 1.94 bits per heavy atom. The van der Waals surface area contributed by atoms with Crippen LogP contribution >= 0.6 is 11.6 Å². The van der Waals surface area contributed by atoms with Crippen LogP contribution in [-0.2, 0) is 21.2 Å². The van der Waals surface area contributed by atoms with Gasteiger partial charge >= 0.3 is 0 Å². The third kappa shape index (κ3) is 5.67. The maximum atomic E-state index is 12.8. The maximum Gasteiger partial charge on any atom is 0.223 e. The molecule has 2 aromatic rings.